The van der Waals surface area contributed by atoms with E-state index in [1.807, 2.05) is 20.8 Å². The molecule has 0 heterocycles. The molecule has 1 rings (SSSR count). The highest BCUT2D eigenvalue weighted by atomic mass is 35.5. The second-order valence-corrected chi connectivity index (χ2v) is 5.30. The number of hydrogen-bond donors (Lipinski definition) is 1. The van der Waals surface area contributed by atoms with Crippen molar-refractivity contribution in [2.45, 2.75) is 26.2 Å². The minimum Gasteiger partial charge on any atom is -0.506 e. The van der Waals surface area contributed by atoms with E-state index < -0.39 is 0 Å². The molecule has 0 radical (unpaired) electrons. The lowest BCUT2D eigenvalue weighted by molar-refractivity contribution is 0.447. The van der Waals surface area contributed by atoms with Crippen LogP contribution >= 0.6 is 34.8 Å². The van der Waals surface area contributed by atoms with Crippen LogP contribution in [0.15, 0.2) is 6.07 Å². The summed E-state index contributed by atoms with van der Waals surface area (Å²) in [5.74, 6) is 0.00793. The van der Waals surface area contributed by atoms with Gasteiger partial charge in [-0.15, -0.1) is 0 Å². The lowest BCUT2D eigenvalue weighted by atomic mass is 9.86. The van der Waals surface area contributed by atoms with Crippen molar-refractivity contribution in [3.8, 4) is 5.75 Å². The number of phenols is 1. The minimum atomic E-state index is -0.220. The largest absolute Gasteiger partial charge is 0.506 e. The zero-order valence-corrected chi connectivity index (χ0v) is 10.4. The maximum Gasteiger partial charge on any atom is 0.139 e. The number of aromatic hydroxyl groups is 1. The highest BCUT2D eigenvalue weighted by Crippen LogP contribution is 2.43. The van der Waals surface area contributed by atoms with Crippen molar-refractivity contribution < 1.29 is 5.11 Å². The van der Waals surface area contributed by atoms with Crippen LogP contribution in [0.5, 0.6) is 5.75 Å². The van der Waals surface area contributed by atoms with Gasteiger partial charge in [0, 0.05) is 5.56 Å². The van der Waals surface area contributed by atoms with Crippen molar-refractivity contribution >= 4 is 34.8 Å². The number of hydrogen-bond acceptors (Lipinski definition) is 1. The number of phenolic OH excluding ortho intramolecular Hbond substituents is 1. The Morgan fingerprint density at radius 1 is 1.07 bits per heavy atom. The van der Waals surface area contributed by atoms with Crippen molar-refractivity contribution in [1.29, 1.82) is 0 Å². The molecule has 0 unspecified atom stereocenters. The van der Waals surface area contributed by atoms with Gasteiger partial charge in [0.15, 0.2) is 0 Å². The fraction of sp³-hybridized carbons (Fsp3) is 0.400. The standard InChI is InChI=1S/C10H11Cl3O/c1-10(2,3)5-4-6(11)7(12)8(13)9(5)14/h4,14H,1-3H3. The Balaban J connectivity index is 3.49. The predicted molar refractivity (Wildman–Crippen MR) is 61.8 cm³/mol. The molecule has 0 aliphatic carbocycles. The molecular formula is C10H11Cl3O. The van der Waals surface area contributed by atoms with Crippen LogP contribution in [0, 0.1) is 0 Å². The maximum absolute atomic E-state index is 9.76. The Morgan fingerprint density at radius 2 is 1.57 bits per heavy atom. The van der Waals surface area contributed by atoms with E-state index in [2.05, 4.69) is 0 Å². The molecule has 0 fully saturated rings. The van der Waals surface area contributed by atoms with Gasteiger partial charge in [-0.05, 0) is 11.5 Å². The van der Waals surface area contributed by atoms with E-state index in [4.69, 9.17) is 34.8 Å². The van der Waals surface area contributed by atoms with Crippen LogP contribution in [0.3, 0.4) is 0 Å². The minimum absolute atomic E-state index is 0.00793. The zero-order valence-electron chi connectivity index (χ0n) is 8.16. The Hall–Kier alpha value is -0.110. The van der Waals surface area contributed by atoms with Gasteiger partial charge in [0.05, 0.1) is 10.0 Å². The third-order valence-corrected chi connectivity index (χ3v) is 3.20. The lowest BCUT2D eigenvalue weighted by Gasteiger charge is -2.21. The fourth-order valence-corrected chi connectivity index (χ4v) is 1.76. The van der Waals surface area contributed by atoms with Gasteiger partial charge in [-0.25, -0.2) is 0 Å². The molecule has 0 aliphatic rings. The van der Waals surface area contributed by atoms with E-state index >= 15 is 0 Å². The van der Waals surface area contributed by atoms with Gasteiger partial charge in [0.1, 0.15) is 10.8 Å². The second-order valence-electron chi connectivity index (χ2n) is 4.13. The third kappa shape index (κ3) is 2.10. The molecule has 1 N–H and O–H groups in total. The average molecular weight is 254 g/mol. The molecule has 0 saturated carbocycles. The summed E-state index contributed by atoms with van der Waals surface area (Å²) in [6, 6.07) is 1.64. The van der Waals surface area contributed by atoms with E-state index in [-0.39, 0.29) is 21.2 Å². The van der Waals surface area contributed by atoms with E-state index in [1.165, 1.54) is 0 Å². The summed E-state index contributed by atoms with van der Waals surface area (Å²) in [7, 11) is 0. The van der Waals surface area contributed by atoms with E-state index in [9.17, 15) is 5.11 Å². The smallest absolute Gasteiger partial charge is 0.139 e. The molecule has 0 amide bonds. The Labute approximate surface area is 98.6 Å². The number of halogens is 3. The molecule has 0 aromatic heterocycles. The van der Waals surface area contributed by atoms with E-state index in [0.717, 1.165) is 0 Å². The molecule has 0 bridgehead atoms. The summed E-state index contributed by atoms with van der Waals surface area (Å²) in [4.78, 5) is 0. The molecular weight excluding hydrogens is 242 g/mol. The summed E-state index contributed by atoms with van der Waals surface area (Å²) in [6.07, 6.45) is 0. The van der Waals surface area contributed by atoms with Crippen LogP contribution < -0.4 is 0 Å². The van der Waals surface area contributed by atoms with Gasteiger partial charge >= 0.3 is 0 Å². The third-order valence-electron chi connectivity index (χ3n) is 1.94. The van der Waals surface area contributed by atoms with Gasteiger partial charge in [-0.1, -0.05) is 55.6 Å². The van der Waals surface area contributed by atoms with Crippen LogP contribution in [0.25, 0.3) is 0 Å². The van der Waals surface area contributed by atoms with Crippen molar-refractivity contribution in [3.05, 3.63) is 26.7 Å². The molecule has 14 heavy (non-hydrogen) atoms. The summed E-state index contributed by atoms with van der Waals surface area (Å²) in [5, 5.41) is 10.4. The molecule has 4 heteroatoms. The van der Waals surface area contributed by atoms with Crippen molar-refractivity contribution in [1.82, 2.24) is 0 Å². The van der Waals surface area contributed by atoms with Crippen LogP contribution in [0.4, 0.5) is 0 Å². The summed E-state index contributed by atoms with van der Waals surface area (Å²) in [6.45, 7) is 5.88. The molecule has 1 aromatic rings. The van der Waals surface area contributed by atoms with Gasteiger partial charge in [0.2, 0.25) is 0 Å². The van der Waals surface area contributed by atoms with E-state index in [1.54, 1.807) is 6.07 Å². The van der Waals surface area contributed by atoms with Crippen molar-refractivity contribution in [2.75, 3.05) is 0 Å². The van der Waals surface area contributed by atoms with Crippen molar-refractivity contribution in [3.63, 3.8) is 0 Å². The fourth-order valence-electron chi connectivity index (χ4n) is 1.16. The first kappa shape index (κ1) is 12.0. The normalized spacial score (nSPS) is 11.9. The Morgan fingerprint density at radius 3 is 2.00 bits per heavy atom. The van der Waals surface area contributed by atoms with Gasteiger partial charge < -0.3 is 5.11 Å². The monoisotopic (exact) mass is 252 g/mol. The van der Waals surface area contributed by atoms with Gasteiger partial charge in [-0.3, -0.25) is 0 Å². The Bertz CT molecular complexity index is 367. The van der Waals surface area contributed by atoms with Crippen molar-refractivity contribution in [2.24, 2.45) is 0 Å². The Kier molecular flexibility index (Phi) is 3.25. The van der Waals surface area contributed by atoms with Crippen LogP contribution in [-0.2, 0) is 5.41 Å². The van der Waals surface area contributed by atoms with Gasteiger partial charge in [-0.2, -0.15) is 0 Å². The van der Waals surface area contributed by atoms with Crippen LogP contribution in [0.1, 0.15) is 26.3 Å². The first-order chi connectivity index (χ1) is 6.25. The molecule has 0 saturated heterocycles. The summed E-state index contributed by atoms with van der Waals surface area (Å²) < 4.78 is 0. The molecule has 0 spiro atoms. The highest BCUT2D eigenvalue weighted by molar-refractivity contribution is 6.48. The highest BCUT2D eigenvalue weighted by Gasteiger charge is 2.22. The SMILES string of the molecule is CC(C)(C)c1cc(Cl)c(Cl)c(Cl)c1O. The average Bonchev–Trinajstić information content (AvgIpc) is 2.06. The topological polar surface area (TPSA) is 20.2 Å². The number of rotatable bonds is 0. The maximum atomic E-state index is 9.76. The molecule has 1 aromatic carbocycles. The molecule has 0 atom stereocenters. The van der Waals surface area contributed by atoms with Crippen LogP contribution in [-0.4, -0.2) is 5.11 Å². The first-order valence-electron chi connectivity index (χ1n) is 4.12. The predicted octanol–water partition coefficient (Wildman–Crippen LogP) is 4.65. The summed E-state index contributed by atoms with van der Waals surface area (Å²) >= 11 is 17.5. The quantitative estimate of drug-likeness (QED) is 0.667. The second kappa shape index (κ2) is 3.80. The molecule has 78 valence electrons. The van der Waals surface area contributed by atoms with Crippen LogP contribution in [0.2, 0.25) is 15.1 Å². The number of benzene rings is 1. The molecule has 0 aliphatic heterocycles. The zero-order chi connectivity index (χ0) is 11.1. The van der Waals surface area contributed by atoms with Gasteiger partial charge in [0.25, 0.3) is 0 Å². The lowest BCUT2D eigenvalue weighted by Crippen LogP contribution is -2.11. The first-order valence-corrected chi connectivity index (χ1v) is 5.25. The summed E-state index contributed by atoms with van der Waals surface area (Å²) in [5.41, 5.74) is 0.471. The van der Waals surface area contributed by atoms with E-state index in [0.29, 0.717) is 10.6 Å². The molecule has 1 nitrogen and oxygen atoms in total.